The molecule has 1 saturated heterocycles. The van der Waals surface area contributed by atoms with Gasteiger partial charge in [-0.05, 0) is 17.7 Å². The van der Waals surface area contributed by atoms with Crippen molar-refractivity contribution in [3.8, 4) is 0 Å². The number of rotatable bonds is 2. The van der Waals surface area contributed by atoms with Crippen molar-refractivity contribution in [3.63, 3.8) is 0 Å². The smallest absolute Gasteiger partial charge is 0.303 e. The molecule has 0 atom stereocenters. The summed E-state index contributed by atoms with van der Waals surface area (Å²) in [7, 11) is 0. The lowest BCUT2D eigenvalue weighted by atomic mass is 10.1. The highest BCUT2D eigenvalue weighted by molar-refractivity contribution is 8.15. The van der Waals surface area contributed by atoms with Crippen molar-refractivity contribution in [3.05, 3.63) is 35.4 Å². The van der Waals surface area contributed by atoms with Gasteiger partial charge in [0.2, 0.25) is 5.91 Å². The molecule has 1 amide bonds. The van der Waals surface area contributed by atoms with Crippen LogP contribution in [0.5, 0.6) is 0 Å². The third-order valence-corrected chi connectivity index (χ3v) is 3.04. The number of alkyl halides is 3. The quantitative estimate of drug-likeness (QED) is 0.670. The normalized spacial score (nSPS) is 18.3. The zero-order valence-electron chi connectivity index (χ0n) is 9.44. The highest BCUT2D eigenvalue weighted by Gasteiger charge is 2.29. The summed E-state index contributed by atoms with van der Waals surface area (Å²) in [6, 6.07) is 4.54. The van der Waals surface area contributed by atoms with Crippen LogP contribution in [0.3, 0.4) is 0 Å². The largest absolute Gasteiger partial charge is 0.416 e. The van der Waals surface area contributed by atoms with Gasteiger partial charge in [-0.2, -0.15) is 18.3 Å². The lowest BCUT2D eigenvalue weighted by molar-refractivity contribution is -0.137. The molecular weight excluding hydrogens is 279 g/mol. The maximum Gasteiger partial charge on any atom is 0.416 e. The number of thioether (sulfide) groups is 1. The van der Waals surface area contributed by atoms with Crippen LogP contribution in [0, 0.1) is 0 Å². The average molecular weight is 287 g/mol. The van der Waals surface area contributed by atoms with E-state index in [4.69, 9.17) is 0 Å². The number of benzene rings is 1. The second kappa shape index (κ2) is 5.43. The molecule has 1 aliphatic rings. The van der Waals surface area contributed by atoms with Crippen molar-refractivity contribution in [2.45, 2.75) is 6.18 Å². The van der Waals surface area contributed by atoms with E-state index in [9.17, 15) is 18.0 Å². The third-order valence-electron chi connectivity index (χ3n) is 2.18. The topological polar surface area (TPSA) is 53.8 Å². The van der Waals surface area contributed by atoms with E-state index < -0.39 is 11.7 Å². The fraction of sp³-hybridized carbons (Fsp3) is 0.182. The fourth-order valence-electron chi connectivity index (χ4n) is 1.29. The van der Waals surface area contributed by atoms with Crippen molar-refractivity contribution in [1.29, 1.82) is 0 Å². The van der Waals surface area contributed by atoms with Crippen LogP contribution in [0.2, 0.25) is 0 Å². The minimum absolute atomic E-state index is 0.145. The number of carbonyl (C=O) groups is 1. The second-order valence-electron chi connectivity index (χ2n) is 3.61. The Hall–Kier alpha value is -1.83. The SMILES string of the molecule is O=C1CSC(=NN=Cc2ccc(C(F)(F)F)cc2)N1. The van der Waals surface area contributed by atoms with Gasteiger partial charge in [-0.1, -0.05) is 23.9 Å². The van der Waals surface area contributed by atoms with Crippen LogP contribution in [0.4, 0.5) is 13.2 Å². The van der Waals surface area contributed by atoms with E-state index in [-0.39, 0.29) is 5.91 Å². The lowest BCUT2D eigenvalue weighted by Crippen LogP contribution is -2.19. The molecular formula is C11H8F3N3OS. The monoisotopic (exact) mass is 287 g/mol. The summed E-state index contributed by atoms with van der Waals surface area (Å²) in [5.41, 5.74) is -0.221. The van der Waals surface area contributed by atoms with Crippen LogP contribution >= 0.6 is 11.8 Å². The van der Waals surface area contributed by atoms with Gasteiger partial charge in [-0.25, -0.2) is 0 Å². The summed E-state index contributed by atoms with van der Waals surface area (Å²) in [5.74, 6) is 0.155. The van der Waals surface area contributed by atoms with Gasteiger partial charge in [0.1, 0.15) is 0 Å². The first-order valence-corrected chi connectivity index (χ1v) is 6.14. The molecule has 0 unspecified atom stereocenters. The molecule has 1 aromatic rings. The van der Waals surface area contributed by atoms with Gasteiger partial charge in [0, 0.05) is 0 Å². The van der Waals surface area contributed by atoms with Crippen molar-refractivity contribution in [2.24, 2.45) is 10.2 Å². The van der Waals surface area contributed by atoms with Crippen LogP contribution in [-0.4, -0.2) is 23.0 Å². The number of nitrogens with one attached hydrogen (secondary N) is 1. The van der Waals surface area contributed by atoms with E-state index in [2.05, 4.69) is 15.5 Å². The molecule has 0 spiro atoms. The number of hydrogen-bond acceptors (Lipinski definition) is 4. The van der Waals surface area contributed by atoms with Crippen molar-refractivity contribution in [1.82, 2.24) is 5.32 Å². The van der Waals surface area contributed by atoms with E-state index in [1.807, 2.05) is 0 Å². The molecule has 1 aliphatic heterocycles. The number of amides is 1. The number of nitrogens with zero attached hydrogens (tertiary/aromatic N) is 2. The summed E-state index contributed by atoms with van der Waals surface area (Å²) in [5, 5.41) is 10.3. The van der Waals surface area contributed by atoms with Gasteiger partial charge in [-0.3, -0.25) is 4.79 Å². The molecule has 1 fully saturated rings. The standard InChI is InChI=1S/C11H8F3N3OS/c12-11(13,14)8-3-1-7(2-4-8)5-15-17-10-16-9(18)6-19-10/h1-5H,6H2,(H,16,17,18). The molecule has 4 nitrogen and oxygen atoms in total. The minimum atomic E-state index is -4.35. The molecule has 0 radical (unpaired) electrons. The van der Waals surface area contributed by atoms with Gasteiger partial charge in [0.25, 0.3) is 0 Å². The molecule has 0 aromatic heterocycles. The second-order valence-corrected chi connectivity index (χ2v) is 4.57. The van der Waals surface area contributed by atoms with Crippen LogP contribution in [0.1, 0.15) is 11.1 Å². The highest BCUT2D eigenvalue weighted by Crippen LogP contribution is 2.28. The predicted octanol–water partition coefficient (Wildman–Crippen LogP) is 2.26. The van der Waals surface area contributed by atoms with E-state index >= 15 is 0 Å². The first-order chi connectivity index (χ1) is 8.95. The number of carbonyl (C=O) groups excluding carboxylic acids is 1. The van der Waals surface area contributed by atoms with Crippen LogP contribution < -0.4 is 5.32 Å². The summed E-state index contributed by atoms with van der Waals surface area (Å²) in [6.45, 7) is 0. The van der Waals surface area contributed by atoms with E-state index in [1.165, 1.54) is 30.1 Å². The predicted molar refractivity (Wildman–Crippen MR) is 67.1 cm³/mol. The van der Waals surface area contributed by atoms with Gasteiger partial charge >= 0.3 is 6.18 Å². The number of hydrogen-bond donors (Lipinski definition) is 1. The average Bonchev–Trinajstić information content (AvgIpc) is 2.75. The lowest BCUT2D eigenvalue weighted by Gasteiger charge is -2.05. The Morgan fingerprint density at radius 2 is 1.95 bits per heavy atom. The molecule has 0 aliphatic carbocycles. The molecule has 0 saturated carbocycles. The Balaban J connectivity index is 2.02. The van der Waals surface area contributed by atoms with E-state index in [1.54, 1.807) is 0 Å². The molecule has 1 aromatic carbocycles. The zero-order chi connectivity index (χ0) is 13.9. The maximum atomic E-state index is 12.3. The van der Waals surface area contributed by atoms with Gasteiger partial charge < -0.3 is 5.32 Å². The van der Waals surface area contributed by atoms with Crippen LogP contribution in [0.25, 0.3) is 0 Å². The Kier molecular flexibility index (Phi) is 3.89. The van der Waals surface area contributed by atoms with Gasteiger partial charge in [0.15, 0.2) is 5.17 Å². The fourth-order valence-corrected chi connectivity index (χ4v) is 1.92. The highest BCUT2D eigenvalue weighted by atomic mass is 32.2. The van der Waals surface area contributed by atoms with E-state index in [0.717, 1.165) is 12.1 Å². The molecule has 8 heteroatoms. The maximum absolute atomic E-state index is 12.3. The number of amidine groups is 1. The molecule has 1 N–H and O–H groups in total. The summed E-state index contributed by atoms with van der Waals surface area (Å²) in [4.78, 5) is 10.8. The van der Waals surface area contributed by atoms with Gasteiger partial charge in [0.05, 0.1) is 17.5 Å². The summed E-state index contributed by atoms with van der Waals surface area (Å²) in [6.07, 6.45) is -3.03. The van der Waals surface area contributed by atoms with Crippen LogP contribution in [0.15, 0.2) is 34.5 Å². The van der Waals surface area contributed by atoms with Crippen molar-refractivity contribution in [2.75, 3.05) is 5.75 Å². The van der Waals surface area contributed by atoms with E-state index in [0.29, 0.717) is 16.5 Å². The first-order valence-electron chi connectivity index (χ1n) is 5.16. The minimum Gasteiger partial charge on any atom is -0.303 e. The number of halogens is 3. The zero-order valence-corrected chi connectivity index (χ0v) is 10.3. The van der Waals surface area contributed by atoms with Gasteiger partial charge in [-0.15, -0.1) is 5.10 Å². The van der Waals surface area contributed by atoms with Crippen LogP contribution in [-0.2, 0) is 11.0 Å². The third kappa shape index (κ3) is 3.82. The Morgan fingerprint density at radius 1 is 1.26 bits per heavy atom. The Morgan fingerprint density at radius 3 is 2.47 bits per heavy atom. The Bertz CT molecular complexity index is 537. The summed E-state index contributed by atoms with van der Waals surface area (Å²) >= 11 is 1.22. The van der Waals surface area contributed by atoms with Crippen molar-refractivity contribution < 1.29 is 18.0 Å². The first kappa shape index (κ1) is 13.6. The molecule has 100 valence electrons. The molecule has 2 rings (SSSR count). The molecule has 19 heavy (non-hydrogen) atoms. The Labute approximate surface area is 110 Å². The molecule has 0 bridgehead atoms. The molecule has 1 heterocycles. The summed E-state index contributed by atoms with van der Waals surface area (Å²) < 4.78 is 36.9. The van der Waals surface area contributed by atoms with Crippen molar-refractivity contribution >= 4 is 29.1 Å².